The van der Waals surface area contributed by atoms with Crippen molar-refractivity contribution >= 4 is 40.1 Å². The van der Waals surface area contributed by atoms with Crippen LogP contribution >= 0.6 is 0 Å². The number of benzene rings is 1. The molecule has 0 aliphatic heterocycles. The van der Waals surface area contributed by atoms with E-state index in [1.165, 1.54) is 17.4 Å². The number of hydrogen-bond acceptors (Lipinski definition) is 9. The number of nitrogens with zero attached hydrogens (tertiary/aromatic N) is 5. The van der Waals surface area contributed by atoms with Crippen LogP contribution in [0, 0.1) is 0 Å². The average Bonchev–Trinajstić information content (AvgIpc) is 2.80. The van der Waals surface area contributed by atoms with Crippen LogP contribution in [-0.2, 0) is 6.54 Å². The summed E-state index contributed by atoms with van der Waals surface area (Å²) in [5.74, 6) is 7.39. The van der Waals surface area contributed by atoms with Crippen molar-refractivity contribution in [2.24, 2.45) is 5.84 Å². The highest BCUT2D eigenvalue weighted by Crippen LogP contribution is 2.22. The highest BCUT2D eigenvalue weighted by molar-refractivity contribution is 5.94. The van der Waals surface area contributed by atoms with Crippen molar-refractivity contribution < 1.29 is 4.79 Å². The van der Waals surface area contributed by atoms with Gasteiger partial charge in [0.05, 0.1) is 18.3 Å². The molecular formula is C21H21N9O. The monoisotopic (exact) mass is 415 g/mol. The molecule has 10 heteroatoms. The molecule has 0 saturated heterocycles. The van der Waals surface area contributed by atoms with E-state index < -0.39 is 0 Å². The molecule has 1 amide bonds. The van der Waals surface area contributed by atoms with E-state index in [9.17, 15) is 4.79 Å². The van der Waals surface area contributed by atoms with Gasteiger partial charge in [0.2, 0.25) is 0 Å². The number of hydrogen-bond donors (Lipinski definition) is 4. The first-order chi connectivity index (χ1) is 15.0. The number of fused-ring (bicyclic) bond motifs is 1. The van der Waals surface area contributed by atoms with Gasteiger partial charge < -0.3 is 16.4 Å². The van der Waals surface area contributed by atoms with Gasteiger partial charge in [-0.3, -0.25) is 14.8 Å². The second-order valence-corrected chi connectivity index (χ2v) is 6.76. The summed E-state index contributed by atoms with van der Waals surface area (Å²) in [5, 5.41) is 8.04. The van der Waals surface area contributed by atoms with Crippen LogP contribution < -0.4 is 27.2 Å². The molecular weight excluding hydrogens is 394 g/mol. The van der Waals surface area contributed by atoms with Crippen molar-refractivity contribution in [2.45, 2.75) is 6.54 Å². The van der Waals surface area contributed by atoms with Crippen LogP contribution in [0.4, 0.5) is 23.3 Å². The Hall–Kier alpha value is -4.31. The van der Waals surface area contributed by atoms with Crippen LogP contribution in [-0.4, -0.2) is 32.9 Å². The van der Waals surface area contributed by atoms with E-state index in [0.29, 0.717) is 29.6 Å². The molecule has 0 atom stereocenters. The summed E-state index contributed by atoms with van der Waals surface area (Å²) in [5.41, 5.74) is 8.36. The second kappa shape index (κ2) is 8.59. The number of nitrogens with two attached hydrogens (primary N) is 2. The van der Waals surface area contributed by atoms with Gasteiger partial charge in [-0.2, -0.15) is 0 Å². The Morgan fingerprint density at radius 2 is 1.94 bits per heavy atom. The van der Waals surface area contributed by atoms with E-state index in [1.54, 1.807) is 25.4 Å². The Bertz CT molecular complexity index is 1240. The highest BCUT2D eigenvalue weighted by atomic mass is 16.1. The summed E-state index contributed by atoms with van der Waals surface area (Å²) in [4.78, 5) is 29.0. The topological polar surface area (TPSA) is 148 Å². The third kappa shape index (κ3) is 4.49. The van der Waals surface area contributed by atoms with Crippen LogP contribution in [0.25, 0.3) is 10.9 Å². The van der Waals surface area contributed by atoms with Crippen molar-refractivity contribution in [3.05, 3.63) is 72.2 Å². The molecule has 0 radical (unpaired) electrons. The Kier molecular flexibility index (Phi) is 5.54. The maximum absolute atomic E-state index is 11.8. The minimum atomic E-state index is -0.215. The van der Waals surface area contributed by atoms with E-state index >= 15 is 0 Å². The van der Waals surface area contributed by atoms with Gasteiger partial charge in [0.25, 0.3) is 5.91 Å². The van der Waals surface area contributed by atoms with E-state index in [0.717, 1.165) is 16.5 Å². The minimum Gasteiger partial charge on any atom is -0.381 e. The molecule has 6 N–H and O–H groups in total. The SMILES string of the molecule is CNC(=O)c1ccnc(Nc2cnc(N)c(N(N)Cc3ccc4ncccc4c3)n2)c1. The summed E-state index contributed by atoms with van der Waals surface area (Å²) in [6.07, 6.45) is 4.76. The number of anilines is 4. The van der Waals surface area contributed by atoms with Crippen LogP contribution in [0.2, 0.25) is 0 Å². The lowest BCUT2D eigenvalue weighted by Gasteiger charge is -2.20. The van der Waals surface area contributed by atoms with E-state index in [4.69, 9.17) is 11.6 Å². The number of carbonyl (C=O) groups excluding carboxylic acids is 1. The minimum absolute atomic E-state index is 0.197. The maximum Gasteiger partial charge on any atom is 0.251 e. The first-order valence-corrected chi connectivity index (χ1v) is 9.47. The number of nitrogens with one attached hydrogen (secondary N) is 2. The average molecular weight is 415 g/mol. The van der Waals surface area contributed by atoms with E-state index in [1.807, 2.05) is 30.3 Å². The van der Waals surface area contributed by atoms with Gasteiger partial charge >= 0.3 is 0 Å². The standard InChI is InChI=1S/C21H21N9O/c1-24-21(31)15-6-8-26-17(10-15)28-18-11-27-19(22)20(29-18)30(23)12-13-4-5-16-14(9-13)3-2-7-25-16/h2-11H,12,23H2,1H3,(H2,22,27)(H,24,31)(H,26,28,29). The van der Waals surface area contributed by atoms with Gasteiger partial charge in [0, 0.05) is 30.4 Å². The van der Waals surface area contributed by atoms with E-state index in [2.05, 4.69) is 30.6 Å². The molecule has 0 spiro atoms. The van der Waals surface area contributed by atoms with Crippen LogP contribution in [0.3, 0.4) is 0 Å². The van der Waals surface area contributed by atoms with Gasteiger partial charge in [-0.25, -0.2) is 20.8 Å². The third-order valence-corrected chi connectivity index (χ3v) is 4.58. The van der Waals surface area contributed by atoms with E-state index in [-0.39, 0.29) is 11.7 Å². The Morgan fingerprint density at radius 1 is 1.06 bits per heavy atom. The zero-order valence-corrected chi connectivity index (χ0v) is 16.8. The Morgan fingerprint density at radius 3 is 2.77 bits per heavy atom. The van der Waals surface area contributed by atoms with Crippen molar-refractivity contribution in [1.29, 1.82) is 0 Å². The van der Waals surface area contributed by atoms with Crippen molar-refractivity contribution in [3.63, 3.8) is 0 Å². The molecule has 0 fully saturated rings. The molecule has 4 rings (SSSR count). The molecule has 0 bridgehead atoms. The lowest BCUT2D eigenvalue weighted by Crippen LogP contribution is -2.32. The zero-order chi connectivity index (χ0) is 21.8. The lowest BCUT2D eigenvalue weighted by molar-refractivity contribution is 0.0963. The maximum atomic E-state index is 11.8. The summed E-state index contributed by atoms with van der Waals surface area (Å²) >= 11 is 0. The van der Waals surface area contributed by atoms with Crippen molar-refractivity contribution in [1.82, 2.24) is 25.3 Å². The van der Waals surface area contributed by atoms with Crippen LogP contribution in [0.1, 0.15) is 15.9 Å². The quantitative estimate of drug-likeness (QED) is 0.274. The zero-order valence-electron chi connectivity index (χ0n) is 16.8. The number of hydrazine groups is 1. The summed E-state index contributed by atoms with van der Waals surface area (Å²) in [7, 11) is 1.56. The van der Waals surface area contributed by atoms with Crippen LogP contribution in [0.5, 0.6) is 0 Å². The fourth-order valence-corrected chi connectivity index (χ4v) is 3.07. The van der Waals surface area contributed by atoms with Crippen molar-refractivity contribution in [2.75, 3.05) is 23.1 Å². The molecule has 0 aliphatic rings. The number of nitrogen functional groups attached to an aromatic ring is 1. The summed E-state index contributed by atoms with van der Waals surface area (Å²) < 4.78 is 0. The van der Waals surface area contributed by atoms with Gasteiger partial charge in [-0.05, 0) is 35.9 Å². The molecule has 3 aromatic heterocycles. The lowest BCUT2D eigenvalue weighted by atomic mass is 10.1. The van der Waals surface area contributed by atoms with Gasteiger partial charge in [0.1, 0.15) is 5.82 Å². The van der Waals surface area contributed by atoms with Crippen molar-refractivity contribution in [3.8, 4) is 0 Å². The van der Waals surface area contributed by atoms with Gasteiger partial charge in [-0.15, -0.1) is 0 Å². The Balaban J connectivity index is 1.54. The number of carbonyl (C=O) groups is 1. The molecule has 0 aliphatic carbocycles. The first-order valence-electron chi connectivity index (χ1n) is 9.47. The predicted molar refractivity (Wildman–Crippen MR) is 119 cm³/mol. The number of rotatable bonds is 6. The normalized spacial score (nSPS) is 10.6. The smallest absolute Gasteiger partial charge is 0.251 e. The molecule has 31 heavy (non-hydrogen) atoms. The molecule has 0 unspecified atom stereocenters. The largest absolute Gasteiger partial charge is 0.381 e. The second-order valence-electron chi connectivity index (χ2n) is 6.76. The van der Waals surface area contributed by atoms with Gasteiger partial charge in [-0.1, -0.05) is 12.1 Å². The van der Waals surface area contributed by atoms with Crippen LogP contribution in [0.15, 0.2) is 61.1 Å². The molecule has 10 nitrogen and oxygen atoms in total. The molecule has 156 valence electrons. The molecule has 4 aromatic rings. The molecule has 1 aromatic carbocycles. The fraction of sp³-hybridized carbons (Fsp3) is 0.0952. The molecule has 0 saturated carbocycles. The highest BCUT2D eigenvalue weighted by Gasteiger charge is 2.13. The summed E-state index contributed by atoms with van der Waals surface area (Å²) in [6.45, 7) is 0.373. The first kappa shape index (κ1) is 20.0. The van der Waals surface area contributed by atoms with Gasteiger partial charge in [0.15, 0.2) is 17.5 Å². The predicted octanol–water partition coefficient (Wildman–Crippen LogP) is 1.99. The Labute approximate surface area is 178 Å². The number of amides is 1. The molecule has 3 heterocycles. The third-order valence-electron chi connectivity index (χ3n) is 4.58. The fourth-order valence-electron chi connectivity index (χ4n) is 3.07. The summed E-state index contributed by atoms with van der Waals surface area (Å²) in [6, 6.07) is 13.0. The number of aromatic nitrogens is 4. The number of pyridine rings is 2.